The highest BCUT2D eigenvalue weighted by atomic mass is 32.1. The molecular weight excluding hydrogens is 380 g/mol. The molecule has 3 nitrogen and oxygen atoms in total. The van der Waals surface area contributed by atoms with Gasteiger partial charge in [0.1, 0.15) is 0 Å². The molecule has 0 aliphatic carbocycles. The number of rotatable bonds is 7. The summed E-state index contributed by atoms with van der Waals surface area (Å²) in [6, 6.07) is 16.6. The molecule has 4 aromatic rings. The first-order valence-electron chi connectivity index (χ1n) is 8.38. The van der Waals surface area contributed by atoms with Gasteiger partial charge in [0, 0.05) is 33.2 Å². The smallest absolute Gasteiger partial charge is 0.261 e. The van der Waals surface area contributed by atoms with Gasteiger partial charge in [-0.2, -0.15) is 0 Å². The van der Waals surface area contributed by atoms with Crippen LogP contribution in [0.1, 0.15) is 19.4 Å². The number of hydrogen-bond acceptors (Lipinski definition) is 5. The largest absolute Gasteiger partial charge is 0.380 e. The maximum atomic E-state index is 12.4. The van der Waals surface area contributed by atoms with Crippen molar-refractivity contribution in [1.29, 1.82) is 0 Å². The summed E-state index contributed by atoms with van der Waals surface area (Å²) >= 11 is 5.01. The van der Waals surface area contributed by atoms with E-state index in [9.17, 15) is 4.79 Å². The molecule has 132 valence electrons. The molecule has 0 aliphatic rings. The van der Waals surface area contributed by atoms with Crippen LogP contribution in [-0.2, 0) is 13.0 Å². The Morgan fingerprint density at radius 1 is 0.962 bits per heavy atom. The number of thiophene rings is 3. The normalized spacial score (nSPS) is 10.9. The summed E-state index contributed by atoms with van der Waals surface area (Å²) in [6.45, 7) is 1.49. The molecule has 0 unspecified atom stereocenters. The van der Waals surface area contributed by atoms with Gasteiger partial charge in [-0.25, -0.2) is 0 Å². The summed E-state index contributed by atoms with van der Waals surface area (Å²) in [5.74, 6) is 0.0100. The SMILES string of the molecule is O=C(NCCc1cccs1)c1cc2cc(NCc3cccs3)ccc2s1. The van der Waals surface area contributed by atoms with Gasteiger partial charge in [-0.05, 0) is 59.0 Å². The number of carbonyl (C=O) groups is 1. The minimum absolute atomic E-state index is 0.0100. The Balaban J connectivity index is 1.39. The van der Waals surface area contributed by atoms with Crippen LogP contribution in [0.15, 0.2) is 59.3 Å². The van der Waals surface area contributed by atoms with Gasteiger partial charge in [0.05, 0.1) is 4.88 Å². The summed E-state index contributed by atoms with van der Waals surface area (Å²) in [5.41, 5.74) is 1.08. The summed E-state index contributed by atoms with van der Waals surface area (Å²) in [7, 11) is 0. The van der Waals surface area contributed by atoms with Crippen molar-refractivity contribution >= 4 is 55.7 Å². The zero-order valence-corrected chi connectivity index (χ0v) is 16.5. The summed E-state index contributed by atoms with van der Waals surface area (Å²) < 4.78 is 1.13. The molecule has 0 aliphatic heterocycles. The van der Waals surface area contributed by atoms with Crippen molar-refractivity contribution in [1.82, 2.24) is 5.32 Å². The maximum absolute atomic E-state index is 12.4. The topological polar surface area (TPSA) is 41.1 Å². The third-order valence-electron chi connectivity index (χ3n) is 4.02. The number of benzene rings is 1. The fourth-order valence-corrected chi connectivity index (χ4v) is 5.02. The van der Waals surface area contributed by atoms with Crippen LogP contribution in [0.2, 0.25) is 0 Å². The average Bonchev–Trinajstić information content (AvgIpc) is 3.40. The summed E-state index contributed by atoms with van der Waals surface area (Å²) in [5, 5.41) is 11.7. The third-order valence-corrected chi connectivity index (χ3v) is 6.95. The zero-order valence-electron chi connectivity index (χ0n) is 14.0. The summed E-state index contributed by atoms with van der Waals surface area (Å²) in [6.07, 6.45) is 0.880. The molecule has 0 fully saturated rings. The fourth-order valence-electron chi connectivity index (χ4n) is 2.71. The van der Waals surface area contributed by atoms with Crippen LogP contribution in [0.25, 0.3) is 10.1 Å². The molecular formula is C20H18N2OS3. The van der Waals surface area contributed by atoms with Crippen molar-refractivity contribution in [2.24, 2.45) is 0 Å². The molecule has 4 rings (SSSR count). The minimum Gasteiger partial charge on any atom is -0.380 e. The predicted octanol–water partition coefficient (Wildman–Crippen LogP) is 5.61. The number of hydrogen-bond donors (Lipinski definition) is 2. The van der Waals surface area contributed by atoms with Crippen molar-refractivity contribution in [3.8, 4) is 0 Å². The van der Waals surface area contributed by atoms with Crippen LogP contribution in [0.4, 0.5) is 5.69 Å². The van der Waals surface area contributed by atoms with Gasteiger partial charge in [-0.3, -0.25) is 4.79 Å². The zero-order chi connectivity index (χ0) is 17.8. The molecule has 26 heavy (non-hydrogen) atoms. The number of fused-ring (bicyclic) bond motifs is 1. The Morgan fingerprint density at radius 3 is 2.54 bits per heavy atom. The van der Waals surface area contributed by atoms with Crippen molar-refractivity contribution in [3.05, 3.63) is 73.9 Å². The van der Waals surface area contributed by atoms with E-state index in [1.807, 2.05) is 12.1 Å². The molecule has 0 saturated carbocycles. The Bertz CT molecular complexity index is 988. The first-order chi connectivity index (χ1) is 12.8. The third kappa shape index (κ3) is 4.15. The second kappa shape index (κ2) is 8.03. The Labute approximate surface area is 164 Å². The van der Waals surface area contributed by atoms with Gasteiger partial charge in [0.15, 0.2) is 0 Å². The van der Waals surface area contributed by atoms with Crippen LogP contribution in [0.5, 0.6) is 0 Å². The van der Waals surface area contributed by atoms with Crippen molar-refractivity contribution in [2.45, 2.75) is 13.0 Å². The van der Waals surface area contributed by atoms with E-state index in [1.54, 1.807) is 34.0 Å². The molecule has 0 spiro atoms. The number of anilines is 1. The lowest BCUT2D eigenvalue weighted by molar-refractivity contribution is 0.0958. The standard InChI is InChI=1S/C20H18N2OS3/c23-20(21-8-7-16-3-1-9-24-16)19-12-14-11-15(5-6-18(14)26-19)22-13-17-4-2-10-25-17/h1-6,9-12,22H,7-8,13H2,(H,21,23). The van der Waals surface area contributed by atoms with Gasteiger partial charge >= 0.3 is 0 Å². The highest BCUT2D eigenvalue weighted by Crippen LogP contribution is 2.28. The average molecular weight is 399 g/mol. The van der Waals surface area contributed by atoms with Crippen LogP contribution in [0.3, 0.4) is 0 Å². The first kappa shape index (κ1) is 17.3. The second-order valence-corrected chi connectivity index (χ2v) is 9.03. The minimum atomic E-state index is 0.0100. The van der Waals surface area contributed by atoms with Crippen LogP contribution in [-0.4, -0.2) is 12.5 Å². The lowest BCUT2D eigenvalue weighted by Gasteiger charge is -2.04. The lowest BCUT2D eigenvalue weighted by atomic mass is 10.2. The molecule has 0 radical (unpaired) electrons. The van der Waals surface area contributed by atoms with E-state index in [0.29, 0.717) is 6.54 Å². The summed E-state index contributed by atoms with van der Waals surface area (Å²) in [4.78, 5) is 15.8. The second-order valence-electron chi connectivity index (χ2n) is 5.88. The van der Waals surface area contributed by atoms with Crippen LogP contribution in [0, 0.1) is 0 Å². The number of amides is 1. The van der Waals surface area contributed by atoms with E-state index in [4.69, 9.17) is 0 Å². The van der Waals surface area contributed by atoms with E-state index in [2.05, 4.69) is 57.8 Å². The monoisotopic (exact) mass is 398 g/mol. The van der Waals surface area contributed by atoms with Crippen LogP contribution < -0.4 is 10.6 Å². The van der Waals surface area contributed by atoms with Gasteiger partial charge in [0.2, 0.25) is 0 Å². The highest BCUT2D eigenvalue weighted by molar-refractivity contribution is 7.20. The van der Waals surface area contributed by atoms with Crippen molar-refractivity contribution in [2.75, 3.05) is 11.9 Å². The van der Waals surface area contributed by atoms with E-state index in [1.165, 1.54) is 9.75 Å². The molecule has 1 aromatic carbocycles. The fraction of sp³-hybridized carbons (Fsp3) is 0.150. The lowest BCUT2D eigenvalue weighted by Crippen LogP contribution is -2.24. The van der Waals surface area contributed by atoms with Gasteiger partial charge in [-0.1, -0.05) is 12.1 Å². The Morgan fingerprint density at radius 2 is 1.77 bits per heavy atom. The van der Waals surface area contributed by atoms with Gasteiger partial charge < -0.3 is 10.6 Å². The van der Waals surface area contributed by atoms with E-state index in [0.717, 1.165) is 33.6 Å². The molecule has 0 saturated heterocycles. The van der Waals surface area contributed by atoms with Crippen LogP contribution >= 0.6 is 34.0 Å². The van der Waals surface area contributed by atoms with Gasteiger partial charge in [-0.15, -0.1) is 34.0 Å². The number of nitrogens with one attached hydrogen (secondary N) is 2. The van der Waals surface area contributed by atoms with Crippen molar-refractivity contribution in [3.63, 3.8) is 0 Å². The van der Waals surface area contributed by atoms with E-state index < -0.39 is 0 Å². The van der Waals surface area contributed by atoms with E-state index in [-0.39, 0.29) is 5.91 Å². The predicted molar refractivity (Wildman–Crippen MR) is 114 cm³/mol. The Kier molecular flexibility index (Phi) is 5.34. The first-order valence-corrected chi connectivity index (χ1v) is 11.0. The molecule has 2 N–H and O–H groups in total. The Hall–Kier alpha value is -2.15. The van der Waals surface area contributed by atoms with Crippen molar-refractivity contribution < 1.29 is 4.79 Å². The van der Waals surface area contributed by atoms with Gasteiger partial charge in [0.25, 0.3) is 5.91 Å². The molecule has 1 amide bonds. The molecule has 3 aromatic heterocycles. The van der Waals surface area contributed by atoms with E-state index >= 15 is 0 Å². The molecule has 3 heterocycles. The molecule has 0 bridgehead atoms. The quantitative estimate of drug-likeness (QED) is 0.425. The molecule has 6 heteroatoms. The number of carbonyl (C=O) groups excluding carboxylic acids is 1. The maximum Gasteiger partial charge on any atom is 0.261 e. The highest BCUT2D eigenvalue weighted by Gasteiger charge is 2.10. The molecule has 0 atom stereocenters.